The summed E-state index contributed by atoms with van der Waals surface area (Å²) >= 11 is 0. The zero-order chi connectivity index (χ0) is 21.3. The Morgan fingerprint density at radius 1 is 1.16 bits per heavy atom. The molecule has 2 N–H and O–H groups in total. The maximum Gasteiger partial charge on any atom is 0.227 e. The summed E-state index contributed by atoms with van der Waals surface area (Å²) in [5.74, 6) is -0.683. The van der Waals surface area contributed by atoms with Crippen LogP contribution in [0.3, 0.4) is 0 Å². The molecule has 31 heavy (non-hydrogen) atoms. The molecule has 2 aromatic carbocycles. The minimum Gasteiger partial charge on any atom is -0.489 e. The topological polar surface area (TPSA) is 66.0 Å². The SMILES string of the molecule is CN=C(NCCCC(=O)N1CCc2ccccc21)NCCOc1ccc(F)cc1F.I. The van der Waals surface area contributed by atoms with E-state index in [1.54, 1.807) is 7.05 Å². The molecule has 168 valence electrons. The number of anilines is 1. The van der Waals surface area contributed by atoms with Crippen molar-refractivity contribution in [3.05, 3.63) is 59.7 Å². The highest BCUT2D eigenvalue weighted by Crippen LogP contribution is 2.27. The second-order valence-corrected chi connectivity index (χ2v) is 6.88. The van der Waals surface area contributed by atoms with Gasteiger partial charge >= 0.3 is 0 Å². The summed E-state index contributed by atoms with van der Waals surface area (Å²) in [5.41, 5.74) is 2.24. The van der Waals surface area contributed by atoms with Crippen molar-refractivity contribution in [2.75, 3.05) is 38.2 Å². The molecule has 0 aromatic heterocycles. The molecule has 1 aliphatic rings. The molecular weight excluding hydrogens is 517 g/mol. The highest BCUT2D eigenvalue weighted by Gasteiger charge is 2.23. The second-order valence-electron chi connectivity index (χ2n) is 6.88. The Hall–Kier alpha value is -2.43. The van der Waals surface area contributed by atoms with Crippen molar-refractivity contribution in [3.63, 3.8) is 0 Å². The minimum atomic E-state index is -0.734. The Balaban J connectivity index is 0.00000341. The maximum absolute atomic E-state index is 13.5. The van der Waals surface area contributed by atoms with E-state index in [0.717, 1.165) is 30.8 Å². The predicted octanol–water partition coefficient (Wildman–Crippen LogP) is 3.50. The van der Waals surface area contributed by atoms with Gasteiger partial charge in [-0.2, -0.15) is 0 Å². The van der Waals surface area contributed by atoms with Crippen LogP contribution in [-0.2, 0) is 11.2 Å². The van der Waals surface area contributed by atoms with Crippen LogP contribution in [0.25, 0.3) is 0 Å². The number of halogens is 3. The Bertz CT molecular complexity index is 911. The van der Waals surface area contributed by atoms with Gasteiger partial charge in [0.1, 0.15) is 12.4 Å². The van der Waals surface area contributed by atoms with Crippen LogP contribution < -0.4 is 20.3 Å². The third-order valence-electron chi connectivity index (χ3n) is 4.82. The van der Waals surface area contributed by atoms with E-state index in [-0.39, 0.29) is 42.2 Å². The highest BCUT2D eigenvalue weighted by molar-refractivity contribution is 14.0. The molecule has 0 saturated carbocycles. The van der Waals surface area contributed by atoms with Gasteiger partial charge in [0.05, 0.1) is 6.54 Å². The van der Waals surface area contributed by atoms with E-state index in [9.17, 15) is 13.6 Å². The van der Waals surface area contributed by atoms with Crippen molar-refractivity contribution in [3.8, 4) is 5.75 Å². The standard InChI is InChI=1S/C22H26F2N4O2.HI/c1-25-22(27-12-14-30-20-9-8-17(23)15-18(20)24)26-11-4-7-21(29)28-13-10-16-5-2-3-6-19(16)28;/h2-3,5-6,8-9,15H,4,7,10-14H2,1H3,(H2,25,26,27);1H. The average molecular weight is 544 g/mol. The van der Waals surface area contributed by atoms with Gasteiger partial charge in [0.2, 0.25) is 5.91 Å². The Labute approximate surface area is 198 Å². The summed E-state index contributed by atoms with van der Waals surface area (Å²) in [7, 11) is 1.64. The molecule has 0 unspecified atom stereocenters. The molecule has 1 aliphatic heterocycles. The van der Waals surface area contributed by atoms with Gasteiger partial charge in [-0.05, 0) is 36.6 Å². The van der Waals surface area contributed by atoms with Crippen molar-refractivity contribution in [2.45, 2.75) is 19.3 Å². The summed E-state index contributed by atoms with van der Waals surface area (Å²) < 4.78 is 31.7. The predicted molar refractivity (Wildman–Crippen MR) is 128 cm³/mol. The Kier molecular flexibility index (Phi) is 9.96. The quantitative estimate of drug-likeness (QED) is 0.231. The Morgan fingerprint density at radius 2 is 1.94 bits per heavy atom. The molecule has 0 atom stereocenters. The maximum atomic E-state index is 13.5. The molecule has 0 fully saturated rings. The third kappa shape index (κ3) is 7.05. The van der Waals surface area contributed by atoms with E-state index in [1.165, 1.54) is 11.6 Å². The average Bonchev–Trinajstić information content (AvgIpc) is 3.18. The molecular formula is C22H27F2IN4O2. The van der Waals surface area contributed by atoms with Gasteiger partial charge in [-0.3, -0.25) is 9.79 Å². The summed E-state index contributed by atoms with van der Waals surface area (Å²) in [6.07, 6.45) is 2.03. The number of benzene rings is 2. The molecule has 6 nitrogen and oxygen atoms in total. The van der Waals surface area contributed by atoms with Crippen molar-refractivity contribution >= 4 is 41.5 Å². The number of carbonyl (C=O) groups excluding carboxylic acids is 1. The van der Waals surface area contributed by atoms with Gasteiger partial charge in [0, 0.05) is 38.3 Å². The van der Waals surface area contributed by atoms with Crippen molar-refractivity contribution in [1.82, 2.24) is 10.6 Å². The molecule has 0 spiro atoms. The Morgan fingerprint density at radius 3 is 2.71 bits per heavy atom. The van der Waals surface area contributed by atoms with Crippen LogP contribution in [0.1, 0.15) is 18.4 Å². The number of hydrogen-bond donors (Lipinski definition) is 2. The molecule has 0 bridgehead atoms. The number of amides is 1. The van der Waals surface area contributed by atoms with Gasteiger partial charge in [0.25, 0.3) is 0 Å². The molecule has 3 rings (SSSR count). The molecule has 9 heteroatoms. The fourth-order valence-electron chi connectivity index (χ4n) is 3.32. The number of rotatable bonds is 8. The highest BCUT2D eigenvalue weighted by atomic mass is 127. The van der Waals surface area contributed by atoms with E-state index in [4.69, 9.17) is 4.74 Å². The van der Waals surface area contributed by atoms with Crippen LogP contribution in [0, 0.1) is 11.6 Å². The summed E-state index contributed by atoms with van der Waals surface area (Å²) in [6.45, 7) is 1.91. The van der Waals surface area contributed by atoms with E-state index in [1.807, 2.05) is 23.1 Å². The number of para-hydroxylation sites is 1. The minimum absolute atomic E-state index is 0. The number of ether oxygens (including phenoxy) is 1. The van der Waals surface area contributed by atoms with E-state index < -0.39 is 11.6 Å². The number of nitrogens with one attached hydrogen (secondary N) is 2. The first-order chi connectivity index (χ1) is 14.6. The first kappa shape index (κ1) is 24.8. The molecule has 1 amide bonds. The molecule has 1 heterocycles. The van der Waals surface area contributed by atoms with Crippen LogP contribution in [0.2, 0.25) is 0 Å². The summed E-state index contributed by atoms with van der Waals surface area (Å²) in [5, 5.41) is 6.19. The van der Waals surface area contributed by atoms with Gasteiger partial charge in [0.15, 0.2) is 17.5 Å². The molecule has 2 aromatic rings. The lowest BCUT2D eigenvalue weighted by molar-refractivity contribution is -0.118. The van der Waals surface area contributed by atoms with Crippen molar-refractivity contribution < 1.29 is 18.3 Å². The lowest BCUT2D eigenvalue weighted by atomic mass is 10.2. The smallest absolute Gasteiger partial charge is 0.227 e. The number of hydrogen-bond acceptors (Lipinski definition) is 3. The number of fused-ring (bicyclic) bond motifs is 1. The number of aliphatic imine (C=N–C) groups is 1. The number of guanidine groups is 1. The zero-order valence-corrected chi connectivity index (χ0v) is 19.7. The number of nitrogens with zero attached hydrogens (tertiary/aromatic N) is 2. The monoisotopic (exact) mass is 544 g/mol. The molecule has 0 radical (unpaired) electrons. The van der Waals surface area contributed by atoms with Crippen LogP contribution >= 0.6 is 24.0 Å². The van der Waals surface area contributed by atoms with Gasteiger partial charge in [-0.25, -0.2) is 8.78 Å². The van der Waals surface area contributed by atoms with Crippen LogP contribution in [-0.4, -0.2) is 45.2 Å². The first-order valence-corrected chi connectivity index (χ1v) is 9.99. The van der Waals surface area contributed by atoms with Crippen LogP contribution in [0.5, 0.6) is 5.75 Å². The fourth-order valence-corrected chi connectivity index (χ4v) is 3.32. The zero-order valence-electron chi connectivity index (χ0n) is 17.4. The number of carbonyl (C=O) groups is 1. The second kappa shape index (κ2) is 12.4. The van der Waals surface area contributed by atoms with E-state index >= 15 is 0 Å². The third-order valence-corrected chi connectivity index (χ3v) is 4.82. The van der Waals surface area contributed by atoms with Gasteiger partial charge < -0.3 is 20.3 Å². The normalized spacial score (nSPS) is 12.7. The molecule has 0 aliphatic carbocycles. The van der Waals surface area contributed by atoms with Gasteiger partial charge in [-0.15, -0.1) is 24.0 Å². The van der Waals surface area contributed by atoms with Crippen LogP contribution in [0.15, 0.2) is 47.5 Å². The summed E-state index contributed by atoms with van der Waals surface area (Å²) in [6, 6.07) is 11.2. The van der Waals surface area contributed by atoms with Crippen LogP contribution in [0.4, 0.5) is 14.5 Å². The van der Waals surface area contributed by atoms with Gasteiger partial charge in [-0.1, -0.05) is 18.2 Å². The first-order valence-electron chi connectivity index (χ1n) is 9.99. The van der Waals surface area contributed by atoms with Crippen molar-refractivity contribution in [2.24, 2.45) is 4.99 Å². The lowest BCUT2D eigenvalue weighted by Gasteiger charge is -2.17. The van der Waals surface area contributed by atoms with Crippen molar-refractivity contribution in [1.29, 1.82) is 0 Å². The fraction of sp³-hybridized carbons (Fsp3) is 0.364. The molecule has 0 saturated heterocycles. The van der Waals surface area contributed by atoms with E-state index in [0.29, 0.717) is 31.9 Å². The van der Waals surface area contributed by atoms with E-state index in [2.05, 4.69) is 21.7 Å². The lowest BCUT2D eigenvalue weighted by Crippen LogP contribution is -2.40. The summed E-state index contributed by atoms with van der Waals surface area (Å²) in [4.78, 5) is 18.5. The largest absolute Gasteiger partial charge is 0.489 e.